The SMILES string of the molecule is Cn1ccc(NC(=O)C[C@@H](CO)NC(=O)O)n1. The van der Waals surface area contributed by atoms with Crippen molar-refractivity contribution in [1.29, 1.82) is 0 Å². The third-order valence-corrected chi connectivity index (χ3v) is 1.96. The van der Waals surface area contributed by atoms with Crippen LogP contribution in [0, 0.1) is 0 Å². The number of carbonyl (C=O) groups excluding carboxylic acids is 1. The molecule has 0 fully saturated rings. The molecule has 0 bridgehead atoms. The number of carbonyl (C=O) groups is 2. The van der Waals surface area contributed by atoms with Crippen molar-refractivity contribution in [3.63, 3.8) is 0 Å². The van der Waals surface area contributed by atoms with Crippen LogP contribution in [0.4, 0.5) is 10.6 Å². The molecule has 8 nitrogen and oxygen atoms in total. The van der Waals surface area contributed by atoms with Gasteiger partial charge in [0.1, 0.15) is 0 Å². The van der Waals surface area contributed by atoms with Crippen LogP contribution in [0.25, 0.3) is 0 Å². The Balaban J connectivity index is 2.45. The minimum atomic E-state index is -1.28. The Morgan fingerprint density at radius 3 is 2.76 bits per heavy atom. The summed E-state index contributed by atoms with van der Waals surface area (Å²) in [5, 5.41) is 25.8. The first kappa shape index (κ1) is 13.0. The zero-order chi connectivity index (χ0) is 12.8. The molecule has 4 N–H and O–H groups in total. The number of nitrogens with zero attached hydrogens (tertiary/aromatic N) is 2. The summed E-state index contributed by atoms with van der Waals surface area (Å²) in [4.78, 5) is 21.8. The van der Waals surface area contributed by atoms with Gasteiger partial charge in [0, 0.05) is 25.7 Å². The van der Waals surface area contributed by atoms with E-state index >= 15 is 0 Å². The molecule has 0 saturated heterocycles. The number of rotatable bonds is 5. The molecular formula is C9H14N4O4. The molecule has 0 radical (unpaired) electrons. The second-order valence-corrected chi connectivity index (χ2v) is 3.46. The fraction of sp³-hybridized carbons (Fsp3) is 0.444. The molecule has 1 atom stereocenters. The predicted molar refractivity (Wildman–Crippen MR) is 58.5 cm³/mol. The van der Waals surface area contributed by atoms with Crippen LogP contribution >= 0.6 is 0 Å². The number of carboxylic acid groups (broad SMARTS) is 1. The maximum Gasteiger partial charge on any atom is 0.404 e. The third kappa shape index (κ3) is 4.51. The quantitative estimate of drug-likeness (QED) is 0.549. The molecule has 0 saturated carbocycles. The molecule has 0 spiro atoms. The van der Waals surface area contributed by atoms with Gasteiger partial charge in [0.15, 0.2) is 5.82 Å². The highest BCUT2D eigenvalue weighted by molar-refractivity contribution is 5.90. The first-order valence-electron chi connectivity index (χ1n) is 4.91. The fourth-order valence-corrected chi connectivity index (χ4v) is 1.24. The smallest absolute Gasteiger partial charge is 0.404 e. The molecule has 0 aromatic carbocycles. The second kappa shape index (κ2) is 5.85. The zero-order valence-corrected chi connectivity index (χ0v) is 9.25. The standard InChI is InChI=1S/C9H14N4O4/c1-13-3-2-7(12-13)11-8(15)4-6(5-14)10-9(16)17/h2-3,6,10,14H,4-5H2,1H3,(H,16,17)(H,11,12,15)/t6-/m0/s1. The van der Waals surface area contributed by atoms with Crippen LogP contribution in [0.5, 0.6) is 0 Å². The first-order valence-corrected chi connectivity index (χ1v) is 4.91. The summed E-state index contributed by atoms with van der Waals surface area (Å²) in [6, 6.07) is 0.785. The van der Waals surface area contributed by atoms with Crippen molar-refractivity contribution in [2.75, 3.05) is 11.9 Å². The number of nitrogens with one attached hydrogen (secondary N) is 2. The average molecular weight is 242 g/mol. The van der Waals surface area contributed by atoms with Gasteiger partial charge >= 0.3 is 6.09 Å². The molecule has 0 unspecified atom stereocenters. The Bertz CT molecular complexity index is 403. The topological polar surface area (TPSA) is 116 Å². The molecule has 17 heavy (non-hydrogen) atoms. The first-order chi connectivity index (χ1) is 8.01. The number of amides is 2. The van der Waals surface area contributed by atoms with E-state index in [9.17, 15) is 9.59 Å². The minimum Gasteiger partial charge on any atom is -0.465 e. The van der Waals surface area contributed by atoms with Crippen molar-refractivity contribution in [3.8, 4) is 0 Å². The van der Waals surface area contributed by atoms with Gasteiger partial charge in [0.2, 0.25) is 5.91 Å². The highest BCUT2D eigenvalue weighted by Gasteiger charge is 2.15. The van der Waals surface area contributed by atoms with E-state index in [2.05, 4.69) is 10.4 Å². The molecule has 0 aliphatic rings. The second-order valence-electron chi connectivity index (χ2n) is 3.46. The van der Waals surface area contributed by atoms with E-state index in [4.69, 9.17) is 10.2 Å². The summed E-state index contributed by atoms with van der Waals surface area (Å²) in [6.45, 7) is -0.443. The molecule has 1 aromatic rings. The Hall–Kier alpha value is -2.09. The van der Waals surface area contributed by atoms with E-state index in [1.807, 2.05) is 5.32 Å². The van der Waals surface area contributed by atoms with Crippen LogP contribution in [0.1, 0.15) is 6.42 Å². The Morgan fingerprint density at radius 2 is 2.29 bits per heavy atom. The number of aryl methyl sites for hydroxylation is 1. The molecule has 1 rings (SSSR count). The number of hydrogen-bond acceptors (Lipinski definition) is 4. The highest BCUT2D eigenvalue weighted by atomic mass is 16.4. The normalized spacial score (nSPS) is 11.9. The Morgan fingerprint density at radius 1 is 1.59 bits per heavy atom. The summed E-state index contributed by atoms with van der Waals surface area (Å²) in [7, 11) is 1.71. The lowest BCUT2D eigenvalue weighted by Gasteiger charge is -2.12. The number of aliphatic hydroxyl groups excluding tert-OH is 1. The summed E-state index contributed by atoms with van der Waals surface area (Å²) in [5.41, 5.74) is 0. The van der Waals surface area contributed by atoms with Gasteiger partial charge in [-0.25, -0.2) is 4.79 Å². The van der Waals surface area contributed by atoms with Crippen LogP contribution < -0.4 is 10.6 Å². The van der Waals surface area contributed by atoms with Crippen LogP contribution in [-0.2, 0) is 11.8 Å². The van der Waals surface area contributed by atoms with Crippen molar-refractivity contribution >= 4 is 17.8 Å². The maximum absolute atomic E-state index is 11.5. The molecule has 0 aliphatic carbocycles. The minimum absolute atomic E-state index is 0.153. The van der Waals surface area contributed by atoms with Gasteiger partial charge in [-0.2, -0.15) is 5.10 Å². The summed E-state index contributed by atoms with van der Waals surface area (Å²) in [6.07, 6.45) is 0.225. The van der Waals surface area contributed by atoms with Crippen LogP contribution in [-0.4, -0.2) is 44.6 Å². The van der Waals surface area contributed by atoms with E-state index in [0.717, 1.165) is 0 Å². The lowest BCUT2D eigenvalue weighted by Crippen LogP contribution is -2.39. The predicted octanol–water partition coefficient (Wildman–Crippen LogP) is -0.623. The summed E-state index contributed by atoms with van der Waals surface area (Å²) < 4.78 is 1.52. The summed E-state index contributed by atoms with van der Waals surface area (Å²) in [5.74, 6) is -0.0407. The largest absolute Gasteiger partial charge is 0.465 e. The van der Waals surface area contributed by atoms with E-state index in [1.54, 1.807) is 19.3 Å². The van der Waals surface area contributed by atoms with Gasteiger partial charge in [-0.05, 0) is 0 Å². The van der Waals surface area contributed by atoms with Gasteiger partial charge < -0.3 is 20.8 Å². The van der Waals surface area contributed by atoms with Gasteiger partial charge in [-0.1, -0.05) is 0 Å². The van der Waals surface area contributed by atoms with E-state index in [1.165, 1.54) is 4.68 Å². The molecule has 1 aromatic heterocycles. The van der Waals surface area contributed by atoms with Crippen LogP contribution in [0.2, 0.25) is 0 Å². The molecular weight excluding hydrogens is 228 g/mol. The molecule has 94 valence electrons. The van der Waals surface area contributed by atoms with Crippen LogP contribution in [0.3, 0.4) is 0 Å². The lowest BCUT2D eigenvalue weighted by atomic mass is 10.2. The van der Waals surface area contributed by atoms with Crippen molar-refractivity contribution in [3.05, 3.63) is 12.3 Å². The summed E-state index contributed by atoms with van der Waals surface area (Å²) >= 11 is 0. The molecule has 0 aliphatic heterocycles. The van der Waals surface area contributed by atoms with Gasteiger partial charge in [0.05, 0.1) is 12.6 Å². The third-order valence-electron chi connectivity index (χ3n) is 1.96. The van der Waals surface area contributed by atoms with Crippen molar-refractivity contribution in [1.82, 2.24) is 15.1 Å². The maximum atomic E-state index is 11.5. The van der Waals surface area contributed by atoms with E-state index in [-0.39, 0.29) is 6.42 Å². The van der Waals surface area contributed by atoms with E-state index in [0.29, 0.717) is 5.82 Å². The average Bonchev–Trinajstić information content (AvgIpc) is 2.62. The Labute approximate surface area is 97.2 Å². The van der Waals surface area contributed by atoms with Crippen molar-refractivity contribution < 1.29 is 19.8 Å². The molecule has 8 heteroatoms. The Kier molecular flexibility index (Phi) is 4.46. The fourth-order valence-electron chi connectivity index (χ4n) is 1.24. The van der Waals surface area contributed by atoms with Gasteiger partial charge in [-0.15, -0.1) is 0 Å². The lowest BCUT2D eigenvalue weighted by molar-refractivity contribution is -0.116. The number of aliphatic hydroxyl groups is 1. The zero-order valence-electron chi connectivity index (χ0n) is 9.25. The molecule has 2 amide bonds. The number of aromatic nitrogens is 2. The molecule has 1 heterocycles. The monoisotopic (exact) mass is 242 g/mol. The number of hydrogen-bond donors (Lipinski definition) is 4. The highest BCUT2D eigenvalue weighted by Crippen LogP contribution is 2.02. The van der Waals surface area contributed by atoms with E-state index < -0.39 is 24.6 Å². The van der Waals surface area contributed by atoms with Crippen molar-refractivity contribution in [2.45, 2.75) is 12.5 Å². The van der Waals surface area contributed by atoms with Crippen LogP contribution in [0.15, 0.2) is 12.3 Å². The number of anilines is 1. The van der Waals surface area contributed by atoms with Crippen molar-refractivity contribution in [2.24, 2.45) is 7.05 Å². The van der Waals surface area contributed by atoms with Gasteiger partial charge in [-0.3, -0.25) is 9.48 Å². The van der Waals surface area contributed by atoms with Gasteiger partial charge in [0.25, 0.3) is 0 Å².